The van der Waals surface area contributed by atoms with E-state index in [4.69, 9.17) is 19.4 Å². The quantitative estimate of drug-likeness (QED) is 0.764. The van der Waals surface area contributed by atoms with Gasteiger partial charge in [-0.05, 0) is 50.1 Å². The number of rotatable bonds is 3. The number of fused-ring (bicyclic) bond motifs is 2. The van der Waals surface area contributed by atoms with Gasteiger partial charge in [0.25, 0.3) is 12.4 Å². The van der Waals surface area contributed by atoms with Gasteiger partial charge in [-0.1, -0.05) is 29.8 Å². The van der Waals surface area contributed by atoms with Gasteiger partial charge >= 0.3 is 0 Å². The molecule has 164 valence electrons. The summed E-state index contributed by atoms with van der Waals surface area (Å²) in [5, 5.41) is 6.89. The number of amides is 1. The summed E-state index contributed by atoms with van der Waals surface area (Å²) in [6.45, 7) is 5.93. The molecule has 7 heteroatoms. The average Bonchev–Trinajstić information content (AvgIpc) is 3.10. The Hall–Kier alpha value is -3.06. The van der Waals surface area contributed by atoms with Crippen LogP contribution in [0.4, 0.5) is 0 Å². The van der Waals surface area contributed by atoms with Crippen LogP contribution in [0, 0.1) is 6.92 Å². The highest BCUT2D eigenvalue weighted by Gasteiger charge is 2.35. The van der Waals surface area contributed by atoms with Gasteiger partial charge in [0.1, 0.15) is 12.7 Å². The van der Waals surface area contributed by atoms with Crippen LogP contribution < -0.4 is 9.47 Å². The summed E-state index contributed by atoms with van der Waals surface area (Å²) in [5.74, 6) is 1.84. The minimum Gasteiger partial charge on any atom is -0.486 e. The number of hydrogen-bond donors (Lipinski definition) is 1. The highest BCUT2D eigenvalue weighted by Crippen LogP contribution is 2.32. The first-order valence-corrected chi connectivity index (χ1v) is 10.7. The van der Waals surface area contributed by atoms with E-state index >= 15 is 0 Å². The van der Waals surface area contributed by atoms with Gasteiger partial charge in [-0.2, -0.15) is 0 Å². The van der Waals surface area contributed by atoms with Gasteiger partial charge in [0, 0.05) is 31.2 Å². The van der Waals surface area contributed by atoms with Gasteiger partial charge in [0.15, 0.2) is 11.5 Å². The Kier molecular flexibility index (Phi) is 6.42. The largest absolute Gasteiger partial charge is 0.486 e. The van der Waals surface area contributed by atoms with E-state index in [1.165, 1.54) is 11.1 Å². The Morgan fingerprint density at radius 1 is 1.19 bits per heavy atom. The number of para-hydroxylation sites is 2. The lowest BCUT2D eigenvalue weighted by Gasteiger charge is -2.39. The maximum atomic E-state index is 12.9. The molecule has 2 atom stereocenters. The standard InChI is InChI=1S/C23H26N2O3.CH2O2/c1-16-8-9-20-17(11-16)12-25(23(20)26)18-5-4-10-24(13-18)14-19-15-27-21-6-2-3-7-22(21)28-19;2-1-3/h2-3,6-9,11,18-19H,4-5,10,12-15H2,1H3;1H,(H,2,3)/t18-,19-;/m0./s1. The summed E-state index contributed by atoms with van der Waals surface area (Å²) in [6.07, 6.45) is 2.21. The molecule has 1 amide bonds. The number of piperidine rings is 1. The van der Waals surface area contributed by atoms with E-state index in [0.717, 1.165) is 56.1 Å². The summed E-state index contributed by atoms with van der Waals surface area (Å²) in [7, 11) is 0. The van der Waals surface area contributed by atoms with E-state index in [0.29, 0.717) is 6.61 Å². The summed E-state index contributed by atoms with van der Waals surface area (Å²) >= 11 is 0. The molecule has 1 saturated heterocycles. The molecular formula is C24H28N2O5. The zero-order valence-electron chi connectivity index (χ0n) is 17.7. The molecule has 3 aliphatic heterocycles. The molecule has 2 aromatic carbocycles. The number of benzene rings is 2. The molecule has 3 aliphatic rings. The molecule has 0 saturated carbocycles. The van der Waals surface area contributed by atoms with Gasteiger partial charge in [-0.25, -0.2) is 0 Å². The van der Waals surface area contributed by atoms with E-state index in [9.17, 15) is 4.79 Å². The van der Waals surface area contributed by atoms with E-state index in [2.05, 4.69) is 22.8 Å². The number of carboxylic acid groups (broad SMARTS) is 1. The molecule has 0 aliphatic carbocycles. The van der Waals surface area contributed by atoms with Crippen LogP contribution >= 0.6 is 0 Å². The molecule has 1 fully saturated rings. The molecule has 0 radical (unpaired) electrons. The van der Waals surface area contributed by atoms with Crippen molar-refractivity contribution >= 4 is 12.4 Å². The van der Waals surface area contributed by atoms with Crippen molar-refractivity contribution in [3.8, 4) is 11.5 Å². The van der Waals surface area contributed by atoms with Gasteiger partial charge in [0.2, 0.25) is 0 Å². The molecular weight excluding hydrogens is 396 g/mol. The monoisotopic (exact) mass is 424 g/mol. The van der Waals surface area contributed by atoms with Gasteiger partial charge in [-0.3, -0.25) is 14.5 Å². The van der Waals surface area contributed by atoms with Gasteiger partial charge in [-0.15, -0.1) is 0 Å². The fraction of sp³-hybridized carbons (Fsp3) is 0.417. The van der Waals surface area contributed by atoms with Crippen LogP contribution in [0.15, 0.2) is 42.5 Å². The van der Waals surface area contributed by atoms with Gasteiger partial charge < -0.3 is 19.5 Å². The second kappa shape index (κ2) is 9.39. The van der Waals surface area contributed by atoms with Gasteiger partial charge in [0.05, 0.1) is 0 Å². The van der Waals surface area contributed by atoms with Crippen molar-refractivity contribution < 1.29 is 24.2 Å². The van der Waals surface area contributed by atoms with Crippen LogP contribution in [0.1, 0.15) is 34.3 Å². The summed E-state index contributed by atoms with van der Waals surface area (Å²) in [5.41, 5.74) is 3.26. The first-order valence-electron chi connectivity index (χ1n) is 10.7. The summed E-state index contributed by atoms with van der Waals surface area (Å²) < 4.78 is 12.0. The zero-order chi connectivity index (χ0) is 21.8. The third-order valence-electron chi connectivity index (χ3n) is 6.04. The Labute approximate surface area is 182 Å². The normalized spacial score (nSPS) is 22.4. The first kappa shape index (κ1) is 21.2. The second-order valence-corrected chi connectivity index (χ2v) is 8.25. The Morgan fingerprint density at radius 3 is 2.77 bits per heavy atom. The van der Waals surface area contributed by atoms with Crippen LogP contribution in [-0.2, 0) is 11.3 Å². The third kappa shape index (κ3) is 4.66. The van der Waals surface area contributed by atoms with E-state index in [1.807, 2.05) is 36.4 Å². The Balaban J connectivity index is 0.000000730. The Morgan fingerprint density at radius 2 is 1.97 bits per heavy atom. The van der Waals surface area contributed by atoms with Crippen molar-refractivity contribution in [1.82, 2.24) is 9.80 Å². The molecule has 0 bridgehead atoms. The van der Waals surface area contributed by atoms with E-state index < -0.39 is 0 Å². The van der Waals surface area contributed by atoms with Crippen LogP contribution in [0.5, 0.6) is 11.5 Å². The number of likely N-dealkylation sites (tertiary alicyclic amines) is 1. The van der Waals surface area contributed by atoms with Crippen molar-refractivity contribution in [1.29, 1.82) is 0 Å². The number of carbonyl (C=O) groups excluding carboxylic acids is 1. The van der Waals surface area contributed by atoms with Crippen LogP contribution in [0.25, 0.3) is 0 Å². The highest BCUT2D eigenvalue weighted by molar-refractivity contribution is 5.98. The molecule has 1 N–H and O–H groups in total. The van der Waals surface area contributed by atoms with Crippen molar-refractivity contribution in [3.63, 3.8) is 0 Å². The predicted octanol–water partition coefficient (Wildman–Crippen LogP) is 2.96. The number of ether oxygens (including phenoxy) is 2. The SMILES string of the molecule is Cc1ccc2c(c1)CN([C@H]1CCCN(C[C@H]3COc4ccccc4O3)C1)C2=O.O=CO. The van der Waals surface area contributed by atoms with E-state index in [1.54, 1.807) is 0 Å². The molecule has 0 spiro atoms. The fourth-order valence-corrected chi connectivity index (χ4v) is 4.66. The predicted molar refractivity (Wildman–Crippen MR) is 116 cm³/mol. The topological polar surface area (TPSA) is 79.3 Å². The highest BCUT2D eigenvalue weighted by atomic mass is 16.6. The molecule has 31 heavy (non-hydrogen) atoms. The second-order valence-electron chi connectivity index (χ2n) is 8.25. The molecule has 0 unspecified atom stereocenters. The van der Waals surface area contributed by atoms with Crippen molar-refractivity contribution in [2.45, 2.75) is 38.5 Å². The van der Waals surface area contributed by atoms with Crippen LogP contribution in [0.2, 0.25) is 0 Å². The van der Waals surface area contributed by atoms with E-state index in [-0.39, 0.29) is 24.5 Å². The van der Waals surface area contributed by atoms with Crippen LogP contribution in [-0.4, -0.2) is 65.7 Å². The minimum atomic E-state index is -0.250. The Bertz CT molecular complexity index is 947. The smallest absolute Gasteiger partial charge is 0.290 e. The zero-order valence-corrected chi connectivity index (χ0v) is 17.7. The molecule has 3 heterocycles. The lowest BCUT2D eigenvalue weighted by molar-refractivity contribution is -0.122. The maximum Gasteiger partial charge on any atom is 0.290 e. The summed E-state index contributed by atoms with van der Waals surface area (Å²) in [6, 6.07) is 14.3. The van der Waals surface area contributed by atoms with Crippen molar-refractivity contribution in [3.05, 3.63) is 59.2 Å². The lowest BCUT2D eigenvalue weighted by atomic mass is 10.0. The average molecular weight is 424 g/mol. The maximum absolute atomic E-state index is 12.9. The third-order valence-corrected chi connectivity index (χ3v) is 6.04. The first-order chi connectivity index (χ1) is 15.1. The van der Waals surface area contributed by atoms with Crippen molar-refractivity contribution in [2.75, 3.05) is 26.2 Å². The minimum absolute atomic E-state index is 0.0303. The molecule has 7 nitrogen and oxygen atoms in total. The number of nitrogens with zero attached hydrogens (tertiary/aromatic N) is 2. The number of aryl methyl sites for hydroxylation is 1. The molecule has 2 aromatic rings. The van der Waals surface area contributed by atoms with Crippen LogP contribution in [0.3, 0.4) is 0 Å². The van der Waals surface area contributed by atoms with Crippen molar-refractivity contribution in [2.24, 2.45) is 0 Å². The molecule has 5 rings (SSSR count). The summed E-state index contributed by atoms with van der Waals surface area (Å²) in [4.78, 5) is 25.8. The number of hydrogen-bond acceptors (Lipinski definition) is 5. The fourth-order valence-electron chi connectivity index (χ4n) is 4.66. The lowest BCUT2D eigenvalue weighted by Crippen LogP contribution is -2.51. The molecule has 0 aromatic heterocycles. The number of carbonyl (C=O) groups is 2.